The maximum absolute atomic E-state index is 11.5. The predicted molar refractivity (Wildman–Crippen MR) is 128 cm³/mol. The standard InChI is InChI=1S/C26H24N4O5/c1-27-26(13-2-3-14-29-26)19-8-10-20(11-9-19)35-25-28-15-12-22(30-25)21(16-23(31)32)17-4-6-18(7-5-17)24(33)34/h2-15,21,27,29H,16H2,1H3,(H,31,32)(H,33,34). The molecule has 3 aromatic rings. The lowest BCUT2D eigenvalue weighted by molar-refractivity contribution is -0.137. The highest BCUT2D eigenvalue weighted by atomic mass is 16.5. The first-order valence-corrected chi connectivity index (χ1v) is 10.9. The van der Waals surface area contributed by atoms with Crippen molar-refractivity contribution < 1.29 is 24.5 Å². The fourth-order valence-electron chi connectivity index (χ4n) is 3.88. The molecule has 9 nitrogen and oxygen atoms in total. The van der Waals surface area contributed by atoms with Crippen LogP contribution in [-0.4, -0.2) is 39.2 Å². The quantitative estimate of drug-likeness (QED) is 0.368. The summed E-state index contributed by atoms with van der Waals surface area (Å²) < 4.78 is 5.85. The van der Waals surface area contributed by atoms with Crippen LogP contribution in [0.25, 0.3) is 0 Å². The van der Waals surface area contributed by atoms with Gasteiger partial charge in [0.15, 0.2) is 0 Å². The van der Waals surface area contributed by atoms with E-state index in [0.717, 1.165) is 5.56 Å². The number of dihydropyridines is 1. The molecule has 0 amide bonds. The smallest absolute Gasteiger partial charge is 0.335 e. The van der Waals surface area contributed by atoms with Crippen molar-refractivity contribution >= 4 is 11.9 Å². The van der Waals surface area contributed by atoms with Gasteiger partial charge in [-0.3, -0.25) is 10.1 Å². The topological polar surface area (TPSA) is 134 Å². The normalized spacial score (nSPS) is 17.4. The molecule has 2 aromatic carbocycles. The van der Waals surface area contributed by atoms with Gasteiger partial charge in [0, 0.05) is 12.1 Å². The van der Waals surface area contributed by atoms with E-state index in [1.807, 2.05) is 43.6 Å². The number of carboxylic acid groups (broad SMARTS) is 2. The van der Waals surface area contributed by atoms with Crippen molar-refractivity contribution in [3.05, 3.63) is 108 Å². The predicted octanol–water partition coefficient (Wildman–Crippen LogP) is 3.62. The van der Waals surface area contributed by atoms with Crippen LogP contribution in [0.3, 0.4) is 0 Å². The third kappa shape index (κ3) is 5.36. The molecule has 1 aliphatic rings. The molecule has 1 aromatic heterocycles. The van der Waals surface area contributed by atoms with Gasteiger partial charge in [-0.1, -0.05) is 30.3 Å². The lowest BCUT2D eigenvalue weighted by atomic mass is 9.91. The molecule has 0 saturated carbocycles. The van der Waals surface area contributed by atoms with Gasteiger partial charge in [0.2, 0.25) is 0 Å². The number of ether oxygens (including phenoxy) is 1. The van der Waals surface area contributed by atoms with Gasteiger partial charge in [-0.15, -0.1) is 0 Å². The van der Waals surface area contributed by atoms with E-state index < -0.39 is 23.5 Å². The highest BCUT2D eigenvalue weighted by Crippen LogP contribution is 2.30. The minimum Gasteiger partial charge on any atom is -0.481 e. The van der Waals surface area contributed by atoms with Crippen LogP contribution < -0.4 is 15.4 Å². The molecule has 0 fully saturated rings. The Balaban J connectivity index is 1.56. The molecule has 2 unspecified atom stereocenters. The summed E-state index contributed by atoms with van der Waals surface area (Å²) in [6.45, 7) is 0. The number of likely N-dealkylation sites (N-methyl/N-ethyl adjacent to an activating group) is 1. The van der Waals surface area contributed by atoms with E-state index in [0.29, 0.717) is 17.0 Å². The van der Waals surface area contributed by atoms with Crippen LogP contribution in [-0.2, 0) is 10.5 Å². The van der Waals surface area contributed by atoms with E-state index in [2.05, 4.69) is 20.6 Å². The van der Waals surface area contributed by atoms with Crippen LogP contribution in [0.2, 0.25) is 0 Å². The number of rotatable bonds is 9. The Hall–Kier alpha value is -4.50. The van der Waals surface area contributed by atoms with Crippen LogP contribution in [0.5, 0.6) is 11.8 Å². The van der Waals surface area contributed by atoms with E-state index in [1.54, 1.807) is 30.3 Å². The van der Waals surface area contributed by atoms with Crippen molar-refractivity contribution in [2.24, 2.45) is 0 Å². The molecule has 2 atom stereocenters. The Morgan fingerprint density at radius 3 is 2.40 bits per heavy atom. The van der Waals surface area contributed by atoms with Crippen LogP contribution in [0, 0.1) is 0 Å². The molecular weight excluding hydrogens is 448 g/mol. The molecule has 0 bridgehead atoms. The summed E-state index contributed by atoms with van der Waals surface area (Å²) in [6, 6.07) is 15.2. The number of hydrogen-bond donors (Lipinski definition) is 4. The first-order chi connectivity index (χ1) is 16.9. The van der Waals surface area contributed by atoms with E-state index >= 15 is 0 Å². The molecule has 0 saturated heterocycles. The van der Waals surface area contributed by atoms with Gasteiger partial charge in [0.25, 0.3) is 0 Å². The lowest BCUT2D eigenvalue weighted by Gasteiger charge is -2.33. The average molecular weight is 473 g/mol. The third-order valence-corrected chi connectivity index (χ3v) is 5.73. The number of allylic oxidation sites excluding steroid dienone is 2. The van der Waals surface area contributed by atoms with Crippen LogP contribution in [0.15, 0.2) is 85.2 Å². The maximum Gasteiger partial charge on any atom is 0.335 e. The molecule has 4 N–H and O–H groups in total. The minimum atomic E-state index is -1.05. The van der Waals surface area contributed by atoms with E-state index in [9.17, 15) is 14.7 Å². The highest BCUT2D eigenvalue weighted by Gasteiger charge is 2.27. The van der Waals surface area contributed by atoms with Crippen molar-refractivity contribution in [3.8, 4) is 11.8 Å². The second-order valence-corrected chi connectivity index (χ2v) is 7.89. The van der Waals surface area contributed by atoms with E-state index in [4.69, 9.17) is 9.84 Å². The number of benzene rings is 2. The van der Waals surface area contributed by atoms with Crippen molar-refractivity contribution in [2.75, 3.05) is 7.05 Å². The SMILES string of the molecule is CNC1(c2ccc(Oc3nccc(C(CC(=O)O)c4ccc(C(=O)O)cc4)n3)cc2)C=CC=CN1. The molecule has 35 heavy (non-hydrogen) atoms. The first-order valence-electron chi connectivity index (χ1n) is 10.9. The first kappa shape index (κ1) is 23.7. The summed E-state index contributed by atoms with van der Waals surface area (Å²) in [5, 5.41) is 25.1. The lowest BCUT2D eigenvalue weighted by Crippen LogP contribution is -2.49. The Morgan fingerprint density at radius 2 is 1.80 bits per heavy atom. The summed E-state index contributed by atoms with van der Waals surface area (Å²) in [7, 11) is 1.86. The monoisotopic (exact) mass is 472 g/mol. The number of aromatic nitrogens is 2. The summed E-state index contributed by atoms with van der Waals surface area (Å²) in [5.74, 6) is -2.14. The number of carboxylic acids is 2. The summed E-state index contributed by atoms with van der Waals surface area (Å²) in [5.41, 5.74) is 1.66. The zero-order valence-corrected chi connectivity index (χ0v) is 18.9. The molecule has 4 rings (SSSR count). The Kier molecular flexibility index (Phi) is 6.88. The van der Waals surface area contributed by atoms with Crippen molar-refractivity contribution in [2.45, 2.75) is 18.0 Å². The molecule has 178 valence electrons. The summed E-state index contributed by atoms with van der Waals surface area (Å²) in [6.07, 6.45) is 9.03. The number of aromatic carboxylic acids is 1. The fourth-order valence-corrected chi connectivity index (χ4v) is 3.88. The summed E-state index contributed by atoms with van der Waals surface area (Å²) in [4.78, 5) is 31.3. The number of nitrogens with zero attached hydrogens (tertiary/aromatic N) is 2. The van der Waals surface area contributed by atoms with Crippen molar-refractivity contribution in [1.29, 1.82) is 0 Å². The van der Waals surface area contributed by atoms with E-state index in [1.165, 1.54) is 18.3 Å². The molecule has 0 aliphatic carbocycles. The molecule has 1 aliphatic heterocycles. The van der Waals surface area contributed by atoms with Gasteiger partial charge in [-0.2, -0.15) is 4.98 Å². The van der Waals surface area contributed by atoms with Gasteiger partial charge in [-0.05, 0) is 66.9 Å². The fraction of sp³-hybridized carbons (Fsp3) is 0.154. The van der Waals surface area contributed by atoms with Crippen molar-refractivity contribution in [3.63, 3.8) is 0 Å². The van der Waals surface area contributed by atoms with Crippen LogP contribution in [0.1, 0.15) is 39.5 Å². The van der Waals surface area contributed by atoms with Gasteiger partial charge in [0.1, 0.15) is 11.4 Å². The Bertz CT molecular complexity index is 1270. The van der Waals surface area contributed by atoms with Gasteiger partial charge < -0.3 is 20.3 Å². The Labute approximate surface area is 201 Å². The zero-order valence-electron chi connectivity index (χ0n) is 18.9. The average Bonchev–Trinajstić information content (AvgIpc) is 2.88. The number of carbonyl (C=O) groups is 2. The van der Waals surface area contributed by atoms with Crippen LogP contribution in [0.4, 0.5) is 0 Å². The highest BCUT2D eigenvalue weighted by molar-refractivity contribution is 5.87. The third-order valence-electron chi connectivity index (χ3n) is 5.73. The molecule has 0 spiro atoms. The van der Waals surface area contributed by atoms with Gasteiger partial charge >= 0.3 is 17.9 Å². The van der Waals surface area contributed by atoms with Gasteiger partial charge in [0.05, 0.1) is 17.7 Å². The second-order valence-electron chi connectivity index (χ2n) is 7.89. The second kappa shape index (κ2) is 10.2. The number of nitrogens with one attached hydrogen (secondary N) is 2. The van der Waals surface area contributed by atoms with Gasteiger partial charge in [-0.25, -0.2) is 9.78 Å². The molecule has 9 heteroatoms. The minimum absolute atomic E-state index is 0.0785. The number of hydrogen-bond acceptors (Lipinski definition) is 7. The van der Waals surface area contributed by atoms with Crippen molar-refractivity contribution in [1.82, 2.24) is 20.6 Å². The van der Waals surface area contributed by atoms with Crippen LogP contribution >= 0.6 is 0 Å². The zero-order chi connectivity index (χ0) is 24.8. The summed E-state index contributed by atoms with van der Waals surface area (Å²) >= 11 is 0. The number of aliphatic carboxylic acids is 1. The largest absolute Gasteiger partial charge is 0.481 e. The molecule has 0 radical (unpaired) electrons. The molecule has 2 heterocycles. The van der Waals surface area contributed by atoms with E-state index in [-0.39, 0.29) is 18.0 Å². The maximum atomic E-state index is 11.5. The molecular formula is C26H24N4O5. The Morgan fingerprint density at radius 1 is 1.06 bits per heavy atom.